The Morgan fingerprint density at radius 1 is 1.28 bits per heavy atom. The first-order valence-electron chi connectivity index (χ1n) is 5.86. The lowest BCUT2D eigenvalue weighted by molar-refractivity contribution is 0.0692. The van der Waals surface area contributed by atoms with Crippen molar-refractivity contribution in [3.05, 3.63) is 42.2 Å². The van der Waals surface area contributed by atoms with Crippen LogP contribution in [0.5, 0.6) is 5.75 Å². The van der Waals surface area contributed by atoms with Gasteiger partial charge in [0, 0.05) is 11.8 Å². The summed E-state index contributed by atoms with van der Waals surface area (Å²) in [6.07, 6.45) is 2.59. The first-order chi connectivity index (χ1) is 8.72. The second-order valence-electron chi connectivity index (χ2n) is 3.94. The highest BCUT2D eigenvalue weighted by molar-refractivity contribution is 5.94. The van der Waals surface area contributed by atoms with E-state index < -0.39 is 5.97 Å². The first kappa shape index (κ1) is 12.2. The molecule has 94 valence electrons. The summed E-state index contributed by atoms with van der Waals surface area (Å²) in [6.45, 7) is 2.73. The molecule has 0 aliphatic rings. The fourth-order valence-electron chi connectivity index (χ4n) is 1.74. The Bertz CT molecular complexity index is 528. The SMILES string of the molecule is CCCOc1ccc(-c2cc[nH]c2C(=O)O)cc1. The summed E-state index contributed by atoms with van der Waals surface area (Å²) in [5.41, 5.74) is 1.75. The van der Waals surface area contributed by atoms with E-state index in [2.05, 4.69) is 4.98 Å². The van der Waals surface area contributed by atoms with Crippen molar-refractivity contribution in [1.29, 1.82) is 0 Å². The number of hydrogen-bond acceptors (Lipinski definition) is 2. The van der Waals surface area contributed by atoms with E-state index in [-0.39, 0.29) is 5.69 Å². The van der Waals surface area contributed by atoms with Gasteiger partial charge in [0.25, 0.3) is 0 Å². The molecule has 2 aromatic rings. The standard InChI is InChI=1S/C14H15NO3/c1-2-9-18-11-5-3-10(4-6-11)12-7-8-15-13(12)14(16)17/h3-8,15H,2,9H2,1H3,(H,16,17). The highest BCUT2D eigenvalue weighted by Gasteiger charge is 2.12. The van der Waals surface area contributed by atoms with E-state index in [1.807, 2.05) is 31.2 Å². The molecule has 0 amide bonds. The van der Waals surface area contributed by atoms with E-state index in [4.69, 9.17) is 9.84 Å². The van der Waals surface area contributed by atoms with Crippen LogP contribution in [0.2, 0.25) is 0 Å². The molecule has 0 spiro atoms. The molecule has 18 heavy (non-hydrogen) atoms. The third-order valence-corrected chi connectivity index (χ3v) is 2.60. The van der Waals surface area contributed by atoms with Crippen molar-refractivity contribution >= 4 is 5.97 Å². The molecule has 0 aliphatic carbocycles. The molecule has 1 aromatic carbocycles. The van der Waals surface area contributed by atoms with Gasteiger partial charge in [-0.25, -0.2) is 4.79 Å². The molecular weight excluding hydrogens is 230 g/mol. The number of H-pyrrole nitrogens is 1. The minimum atomic E-state index is -0.957. The molecule has 0 unspecified atom stereocenters. The van der Waals surface area contributed by atoms with Gasteiger partial charge in [0.15, 0.2) is 0 Å². The molecular formula is C14H15NO3. The number of benzene rings is 1. The van der Waals surface area contributed by atoms with E-state index >= 15 is 0 Å². The van der Waals surface area contributed by atoms with Gasteiger partial charge in [-0.2, -0.15) is 0 Å². The van der Waals surface area contributed by atoms with Gasteiger partial charge in [-0.1, -0.05) is 19.1 Å². The number of aromatic carboxylic acids is 1. The van der Waals surface area contributed by atoms with Gasteiger partial charge in [-0.15, -0.1) is 0 Å². The number of carboxylic acid groups (broad SMARTS) is 1. The second kappa shape index (κ2) is 5.40. The Hall–Kier alpha value is -2.23. The maximum atomic E-state index is 11.0. The zero-order chi connectivity index (χ0) is 13.0. The van der Waals surface area contributed by atoms with Crippen molar-refractivity contribution in [3.63, 3.8) is 0 Å². The second-order valence-corrected chi connectivity index (χ2v) is 3.94. The fourth-order valence-corrected chi connectivity index (χ4v) is 1.74. The van der Waals surface area contributed by atoms with Crippen molar-refractivity contribution in [3.8, 4) is 16.9 Å². The zero-order valence-electron chi connectivity index (χ0n) is 10.1. The van der Waals surface area contributed by atoms with Crippen LogP contribution in [0.3, 0.4) is 0 Å². The van der Waals surface area contributed by atoms with Gasteiger partial charge in [0.2, 0.25) is 0 Å². The lowest BCUT2D eigenvalue weighted by Crippen LogP contribution is -1.98. The number of aromatic nitrogens is 1. The number of rotatable bonds is 5. The third kappa shape index (κ3) is 2.53. The van der Waals surface area contributed by atoms with Crippen LogP contribution in [-0.4, -0.2) is 22.7 Å². The largest absolute Gasteiger partial charge is 0.494 e. The van der Waals surface area contributed by atoms with Crippen LogP contribution in [-0.2, 0) is 0 Å². The Morgan fingerprint density at radius 3 is 2.61 bits per heavy atom. The monoisotopic (exact) mass is 245 g/mol. The average molecular weight is 245 g/mol. The van der Waals surface area contributed by atoms with E-state index in [1.165, 1.54) is 0 Å². The summed E-state index contributed by atoms with van der Waals surface area (Å²) in [5.74, 6) is -0.158. The summed E-state index contributed by atoms with van der Waals surface area (Å²) < 4.78 is 5.48. The van der Waals surface area contributed by atoms with Gasteiger partial charge < -0.3 is 14.8 Å². The summed E-state index contributed by atoms with van der Waals surface area (Å²) in [7, 11) is 0. The van der Waals surface area contributed by atoms with E-state index in [0.717, 1.165) is 17.7 Å². The lowest BCUT2D eigenvalue weighted by Gasteiger charge is -2.05. The molecule has 0 fully saturated rings. The summed E-state index contributed by atoms with van der Waals surface area (Å²) in [5, 5.41) is 9.03. The Morgan fingerprint density at radius 2 is 2.00 bits per heavy atom. The van der Waals surface area contributed by atoms with Gasteiger partial charge in [-0.3, -0.25) is 0 Å². The van der Waals surface area contributed by atoms with Crippen LogP contribution in [0.15, 0.2) is 36.5 Å². The molecule has 0 radical (unpaired) electrons. The number of hydrogen-bond donors (Lipinski definition) is 2. The van der Waals surface area contributed by atoms with Gasteiger partial charge >= 0.3 is 5.97 Å². The van der Waals surface area contributed by atoms with Crippen LogP contribution in [0.4, 0.5) is 0 Å². The summed E-state index contributed by atoms with van der Waals surface area (Å²) in [4.78, 5) is 13.7. The molecule has 4 heteroatoms. The predicted molar refractivity (Wildman–Crippen MR) is 69.0 cm³/mol. The number of ether oxygens (including phenoxy) is 1. The Labute approximate surface area is 105 Å². The molecule has 2 N–H and O–H groups in total. The van der Waals surface area contributed by atoms with Crippen molar-refractivity contribution in [2.45, 2.75) is 13.3 Å². The van der Waals surface area contributed by atoms with Crippen LogP contribution < -0.4 is 4.74 Å². The number of nitrogens with one attached hydrogen (secondary N) is 1. The number of carbonyl (C=O) groups is 1. The molecule has 0 atom stereocenters. The Balaban J connectivity index is 2.23. The molecule has 1 heterocycles. The number of aromatic amines is 1. The van der Waals surface area contributed by atoms with E-state index in [0.29, 0.717) is 12.2 Å². The van der Waals surface area contributed by atoms with E-state index in [1.54, 1.807) is 12.3 Å². The third-order valence-electron chi connectivity index (χ3n) is 2.60. The van der Waals surface area contributed by atoms with Crippen molar-refractivity contribution < 1.29 is 14.6 Å². The van der Waals surface area contributed by atoms with Crippen molar-refractivity contribution in [2.75, 3.05) is 6.61 Å². The molecule has 2 rings (SSSR count). The van der Waals surface area contributed by atoms with Gasteiger partial charge in [0.1, 0.15) is 11.4 Å². The first-order valence-corrected chi connectivity index (χ1v) is 5.86. The average Bonchev–Trinajstić information content (AvgIpc) is 2.86. The smallest absolute Gasteiger partial charge is 0.352 e. The van der Waals surface area contributed by atoms with Crippen LogP contribution in [0, 0.1) is 0 Å². The maximum absolute atomic E-state index is 11.0. The minimum absolute atomic E-state index is 0.206. The summed E-state index contributed by atoms with van der Waals surface area (Å²) >= 11 is 0. The van der Waals surface area contributed by atoms with Crippen molar-refractivity contribution in [1.82, 2.24) is 4.98 Å². The van der Waals surface area contributed by atoms with Crippen LogP contribution in [0.25, 0.3) is 11.1 Å². The molecule has 1 aromatic heterocycles. The highest BCUT2D eigenvalue weighted by Crippen LogP contribution is 2.25. The lowest BCUT2D eigenvalue weighted by atomic mass is 10.1. The minimum Gasteiger partial charge on any atom is -0.494 e. The molecule has 0 bridgehead atoms. The predicted octanol–water partition coefficient (Wildman–Crippen LogP) is 3.17. The quantitative estimate of drug-likeness (QED) is 0.850. The fraction of sp³-hybridized carbons (Fsp3) is 0.214. The molecule has 0 aliphatic heterocycles. The van der Waals surface area contributed by atoms with Crippen molar-refractivity contribution in [2.24, 2.45) is 0 Å². The maximum Gasteiger partial charge on any atom is 0.352 e. The molecule has 4 nitrogen and oxygen atoms in total. The summed E-state index contributed by atoms with van der Waals surface area (Å²) in [6, 6.07) is 9.18. The zero-order valence-corrected chi connectivity index (χ0v) is 10.1. The molecule has 0 saturated heterocycles. The van der Waals surface area contributed by atoms with E-state index in [9.17, 15) is 4.79 Å². The number of carboxylic acids is 1. The Kier molecular flexibility index (Phi) is 3.67. The van der Waals surface area contributed by atoms with Gasteiger partial charge in [-0.05, 0) is 30.2 Å². The highest BCUT2D eigenvalue weighted by atomic mass is 16.5. The molecule has 0 saturated carbocycles. The normalized spacial score (nSPS) is 10.3. The van der Waals surface area contributed by atoms with Crippen LogP contribution in [0.1, 0.15) is 23.8 Å². The van der Waals surface area contributed by atoms with Gasteiger partial charge in [0.05, 0.1) is 6.61 Å². The van der Waals surface area contributed by atoms with Crippen LogP contribution >= 0.6 is 0 Å². The topological polar surface area (TPSA) is 62.3 Å².